The van der Waals surface area contributed by atoms with Crippen LogP contribution in [-0.4, -0.2) is 36.1 Å². The average Bonchev–Trinajstić information content (AvgIpc) is 3.18. The molecule has 3 unspecified atom stereocenters. The van der Waals surface area contributed by atoms with E-state index in [0.717, 1.165) is 24.0 Å². The third kappa shape index (κ3) is 3.96. The van der Waals surface area contributed by atoms with Gasteiger partial charge in [0.05, 0.1) is 0 Å². The largest absolute Gasteiger partial charge is 0.314 e. The predicted octanol–water partition coefficient (Wildman–Crippen LogP) is 3.42. The summed E-state index contributed by atoms with van der Waals surface area (Å²) in [7, 11) is 0. The van der Waals surface area contributed by atoms with Gasteiger partial charge in [0, 0.05) is 24.7 Å². The lowest BCUT2D eigenvalue weighted by molar-refractivity contribution is 0.0779. The first-order valence-electron chi connectivity index (χ1n) is 8.23. The van der Waals surface area contributed by atoms with Crippen molar-refractivity contribution in [2.24, 2.45) is 5.92 Å². The zero-order chi connectivity index (χ0) is 13.0. The molecular formula is C16H32N2. The topological polar surface area (TPSA) is 15.3 Å². The molecule has 0 bridgehead atoms. The molecule has 0 aromatic carbocycles. The maximum atomic E-state index is 3.71. The Morgan fingerprint density at radius 2 is 2.00 bits per heavy atom. The molecule has 0 spiro atoms. The van der Waals surface area contributed by atoms with Gasteiger partial charge in [0.1, 0.15) is 0 Å². The van der Waals surface area contributed by atoms with E-state index in [1.54, 1.807) is 0 Å². The first kappa shape index (κ1) is 14.3. The van der Waals surface area contributed by atoms with Crippen molar-refractivity contribution in [2.45, 2.75) is 83.8 Å². The van der Waals surface area contributed by atoms with Gasteiger partial charge in [-0.25, -0.2) is 0 Å². The number of nitrogens with one attached hydrogen (secondary N) is 1. The molecule has 0 aromatic heterocycles. The van der Waals surface area contributed by atoms with Crippen molar-refractivity contribution in [2.75, 3.05) is 13.1 Å². The minimum absolute atomic E-state index is 0.773. The van der Waals surface area contributed by atoms with E-state index >= 15 is 0 Å². The highest BCUT2D eigenvalue weighted by Gasteiger charge is 2.33. The van der Waals surface area contributed by atoms with E-state index in [1.807, 2.05) is 0 Å². The van der Waals surface area contributed by atoms with Crippen molar-refractivity contribution in [3.8, 4) is 0 Å². The van der Waals surface area contributed by atoms with Crippen LogP contribution in [0.1, 0.15) is 65.7 Å². The number of hydrogen-bond donors (Lipinski definition) is 1. The van der Waals surface area contributed by atoms with E-state index in [1.165, 1.54) is 58.0 Å². The van der Waals surface area contributed by atoms with Crippen LogP contribution in [0, 0.1) is 5.92 Å². The Bertz CT molecular complexity index is 237. The minimum Gasteiger partial charge on any atom is -0.314 e. The number of piperidine rings is 1. The third-order valence-electron chi connectivity index (χ3n) is 4.85. The number of likely N-dealkylation sites (tertiary alicyclic amines) is 1. The Morgan fingerprint density at radius 1 is 1.22 bits per heavy atom. The van der Waals surface area contributed by atoms with Gasteiger partial charge in [0.25, 0.3) is 0 Å². The number of nitrogens with zero attached hydrogens (tertiary/aromatic N) is 1. The highest BCUT2D eigenvalue weighted by atomic mass is 15.2. The zero-order valence-electron chi connectivity index (χ0n) is 12.6. The fraction of sp³-hybridized carbons (Fsp3) is 1.00. The highest BCUT2D eigenvalue weighted by Crippen LogP contribution is 2.36. The summed E-state index contributed by atoms with van der Waals surface area (Å²) >= 11 is 0. The summed E-state index contributed by atoms with van der Waals surface area (Å²) in [5.74, 6) is 1.07. The SMILES string of the molecule is CCCNC1CCN(C(CC)CC2CC2)C(C)C1. The summed E-state index contributed by atoms with van der Waals surface area (Å²) in [6.07, 6.45) is 9.77. The van der Waals surface area contributed by atoms with Crippen LogP contribution in [0.25, 0.3) is 0 Å². The van der Waals surface area contributed by atoms with Gasteiger partial charge in [-0.15, -0.1) is 0 Å². The second kappa shape index (κ2) is 6.91. The molecule has 1 saturated carbocycles. The normalized spacial score (nSPS) is 31.5. The van der Waals surface area contributed by atoms with Crippen LogP contribution in [-0.2, 0) is 0 Å². The maximum absolute atomic E-state index is 3.71. The molecule has 2 aliphatic rings. The third-order valence-corrected chi connectivity index (χ3v) is 4.85. The quantitative estimate of drug-likeness (QED) is 0.747. The molecule has 2 fully saturated rings. The summed E-state index contributed by atoms with van der Waals surface area (Å²) in [5.41, 5.74) is 0. The summed E-state index contributed by atoms with van der Waals surface area (Å²) in [6.45, 7) is 9.58. The van der Waals surface area contributed by atoms with Gasteiger partial charge in [-0.3, -0.25) is 4.90 Å². The van der Waals surface area contributed by atoms with Gasteiger partial charge in [0.2, 0.25) is 0 Å². The standard InChI is InChI=1S/C16H32N2/c1-4-9-17-15-8-10-18(13(3)11-15)16(5-2)12-14-6-7-14/h13-17H,4-12H2,1-3H3. The lowest BCUT2D eigenvalue weighted by atomic mass is 9.94. The van der Waals surface area contributed by atoms with E-state index in [9.17, 15) is 0 Å². The van der Waals surface area contributed by atoms with Crippen LogP contribution in [0.4, 0.5) is 0 Å². The van der Waals surface area contributed by atoms with Crippen molar-refractivity contribution in [3.63, 3.8) is 0 Å². The smallest absolute Gasteiger partial charge is 0.00981 e. The Hall–Kier alpha value is -0.0800. The second-order valence-electron chi connectivity index (χ2n) is 6.50. The van der Waals surface area contributed by atoms with Crippen molar-refractivity contribution < 1.29 is 0 Å². The molecule has 2 nitrogen and oxygen atoms in total. The van der Waals surface area contributed by atoms with E-state index in [2.05, 4.69) is 31.0 Å². The van der Waals surface area contributed by atoms with Gasteiger partial charge >= 0.3 is 0 Å². The lowest BCUT2D eigenvalue weighted by Gasteiger charge is -2.42. The summed E-state index contributed by atoms with van der Waals surface area (Å²) in [5, 5.41) is 3.71. The van der Waals surface area contributed by atoms with Gasteiger partial charge in [-0.2, -0.15) is 0 Å². The van der Waals surface area contributed by atoms with Crippen molar-refractivity contribution in [1.29, 1.82) is 0 Å². The van der Waals surface area contributed by atoms with Crippen LogP contribution in [0.3, 0.4) is 0 Å². The molecule has 0 amide bonds. The molecule has 18 heavy (non-hydrogen) atoms. The van der Waals surface area contributed by atoms with Gasteiger partial charge in [-0.05, 0) is 51.5 Å². The fourth-order valence-electron chi connectivity index (χ4n) is 3.54. The van der Waals surface area contributed by atoms with Crippen molar-refractivity contribution in [3.05, 3.63) is 0 Å². The highest BCUT2D eigenvalue weighted by molar-refractivity contribution is 4.89. The van der Waals surface area contributed by atoms with Gasteiger partial charge in [-0.1, -0.05) is 26.7 Å². The zero-order valence-corrected chi connectivity index (χ0v) is 12.6. The fourth-order valence-corrected chi connectivity index (χ4v) is 3.54. The van der Waals surface area contributed by atoms with E-state index < -0.39 is 0 Å². The molecule has 1 N–H and O–H groups in total. The van der Waals surface area contributed by atoms with E-state index in [4.69, 9.17) is 0 Å². The first-order valence-corrected chi connectivity index (χ1v) is 8.23. The summed E-state index contributed by atoms with van der Waals surface area (Å²) in [4.78, 5) is 2.81. The van der Waals surface area contributed by atoms with Gasteiger partial charge in [0.15, 0.2) is 0 Å². The Balaban J connectivity index is 1.79. The van der Waals surface area contributed by atoms with Crippen LogP contribution < -0.4 is 5.32 Å². The molecule has 1 aliphatic heterocycles. The Kier molecular flexibility index (Phi) is 5.50. The molecule has 1 aliphatic carbocycles. The van der Waals surface area contributed by atoms with Crippen LogP contribution in [0.5, 0.6) is 0 Å². The second-order valence-corrected chi connectivity index (χ2v) is 6.50. The van der Waals surface area contributed by atoms with Crippen LogP contribution in [0.15, 0.2) is 0 Å². The summed E-state index contributed by atoms with van der Waals surface area (Å²) < 4.78 is 0. The Labute approximate surface area is 114 Å². The van der Waals surface area contributed by atoms with Crippen LogP contribution in [0.2, 0.25) is 0 Å². The minimum atomic E-state index is 0.773. The molecule has 1 saturated heterocycles. The monoisotopic (exact) mass is 252 g/mol. The maximum Gasteiger partial charge on any atom is 0.00981 e. The number of hydrogen-bond acceptors (Lipinski definition) is 2. The first-order chi connectivity index (χ1) is 8.74. The van der Waals surface area contributed by atoms with Crippen LogP contribution >= 0.6 is 0 Å². The molecule has 0 radical (unpaired) electrons. The number of rotatable bonds is 7. The van der Waals surface area contributed by atoms with E-state index in [-0.39, 0.29) is 0 Å². The molecule has 1 heterocycles. The van der Waals surface area contributed by atoms with Gasteiger partial charge < -0.3 is 5.32 Å². The predicted molar refractivity (Wildman–Crippen MR) is 78.9 cm³/mol. The molecular weight excluding hydrogens is 220 g/mol. The molecule has 3 atom stereocenters. The van der Waals surface area contributed by atoms with Crippen molar-refractivity contribution >= 4 is 0 Å². The van der Waals surface area contributed by atoms with Crippen molar-refractivity contribution in [1.82, 2.24) is 10.2 Å². The lowest BCUT2D eigenvalue weighted by Crippen LogP contribution is -2.51. The molecule has 2 rings (SSSR count). The summed E-state index contributed by atoms with van der Waals surface area (Å²) in [6, 6.07) is 2.41. The Morgan fingerprint density at radius 3 is 2.56 bits per heavy atom. The molecule has 0 aromatic rings. The molecule has 2 heteroatoms. The average molecular weight is 252 g/mol. The molecule has 106 valence electrons. The van der Waals surface area contributed by atoms with E-state index in [0.29, 0.717) is 0 Å².